The van der Waals surface area contributed by atoms with Gasteiger partial charge in [-0.3, -0.25) is 0 Å². The highest BCUT2D eigenvalue weighted by Crippen LogP contribution is 2.19. The highest BCUT2D eigenvalue weighted by atomic mass is 79.9. The van der Waals surface area contributed by atoms with Gasteiger partial charge in [0.15, 0.2) is 0 Å². The van der Waals surface area contributed by atoms with Gasteiger partial charge in [-0.1, -0.05) is 15.9 Å². The van der Waals surface area contributed by atoms with Crippen molar-refractivity contribution in [2.24, 2.45) is 0 Å². The van der Waals surface area contributed by atoms with Gasteiger partial charge in [-0.25, -0.2) is 8.42 Å². The number of methoxy groups -OCH3 is 2. The van der Waals surface area contributed by atoms with E-state index in [0.717, 1.165) is 0 Å². The molecule has 14 heavy (non-hydrogen) atoms. The maximum absolute atomic E-state index is 11.5. The monoisotopic (exact) mass is 287 g/mol. The Labute approximate surface area is 92.5 Å². The number of ether oxygens (including phenoxy) is 2. The average Bonchev–Trinajstić information content (AvgIpc) is 2.61. The summed E-state index contributed by atoms with van der Waals surface area (Å²) in [6.45, 7) is 0.728. The molecule has 2 atom stereocenters. The van der Waals surface area contributed by atoms with Crippen LogP contribution in [0.4, 0.5) is 0 Å². The van der Waals surface area contributed by atoms with E-state index < -0.39 is 10.0 Å². The van der Waals surface area contributed by atoms with Crippen LogP contribution in [0.1, 0.15) is 0 Å². The summed E-state index contributed by atoms with van der Waals surface area (Å²) in [5, 5.41) is 0. The Balaban J connectivity index is 2.71. The minimum atomic E-state index is -3.19. The number of rotatable bonds is 4. The van der Waals surface area contributed by atoms with E-state index in [2.05, 4.69) is 15.9 Å². The van der Waals surface area contributed by atoms with E-state index in [1.54, 1.807) is 14.2 Å². The second-order valence-corrected chi connectivity index (χ2v) is 6.36. The lowest BCUT2D eigenvalue weighted by Gasteiger charge is -2.13. The molecule has 2 unspecified atom stereocenters. The molecule has 0 aromatic rings. The molecule has 0 amide bonds. The second kappa shape index (κ2) is 4.89. The zero-order valence-corrected chi connectivity index (χ0v) is 10.5. The summed E-state index contributed by atoms with van der Waals surface area (Å²) in [5.74, 6) is 0. The van der Waals surface area contributed by atoms with Crippen LogP contribution in [0, 0.1) is 0 Å². The summed E-state index contributed by atoms with van der Waals surface area (Å²) in [6, 6.07) is 0. The zero-order valence-electron chi connectivity index (χ0n) is 8.14. The van der Waals surface area contributed by atoms with Crippen molar-refractivity contribution in [2.75, 3.05) is 32.0 Å². The molecule has 0 spiro atoms. The summed E-state index contributed by atoms with van der Waals surface area (Å²) in [5.41, 5.74) is 0. The highest BCUT2D eigenvalue weighted by Gasteiger charge is 2.38. The van der Waals surface area contributed by atoms with Crippen LogP contribution in [0.15, 0.2) is 0 Å². The fourth-order valence-corrected chi connectivity index (χ4v) is 3.21. The van der Waals surface area contributed by atoms with Crippen molar-refractivity contribution in [3.63, 3.8) is 0 Å². The lowest BCUT2D eigenvalue weighted by atomic mass is 10.3. The smallest absolute Gasteiger partial charge is 0.224 e. The third-order valence-electron chi connectivity index (χ3n) is 2.32. The minimum absolute atomic E-state index is 0.0626. The van der Waals surface area contributed by atoms with E-state index in [1.165, 1.54) is 4.31 Å². The maximum atomic E-state index is 11.5. The summed E-state index contributed by atoms with van der Waals surface area (Å²) in [7, 11) is -0.0810. The van der Waals surface area contributed by atoms with Crippen LogP contribution in [0.5, 0.6) is 0 Å². The molecule has 7 heteroatoms. The van der Waals surface area contributed by atoms with Gasteiger partial charge in [0.05, 0.1) is 12.2 Å². The standard InChI is InChI=1S/C7H14BrNO4S/c1-12-6-3-9(4-7(6)13-2)14(10,11)5-8/h6-7H,3-5H2,1-2H3. The first-order chi connectivity index (χ1) is 6.55. The molecule has 1 fully saturated rings. The van der Waals surface area contributed by atoms with Gasteiger partial charge in [0.2, 0.25) is 10.0 Å². The number of sulfonamides is 1. The summed E-state index contributed by atoms with van der Waals surface area (Å²) in [4.78, 5) is 0. The molecule has 1 heterocycles. The Morgan fingerprint density at radius 2 is 1.71 bits per heavy atom. The molecule has 0 radical (unpaired) electrons. The van der Waals surface area contributed by atoms with Crippen molar-refractivity contribution in [1.82, 2.24) is 4.31 Å². The van der Waals surface area contributed by atoms with Gasteiger partial charge in [-0.05, 0) is 0 Å². The second-order valence-electron chi connectivity index (χ2n) is 3.09. The quantitative estimate of drug-likeness (QED) is 0.684. The molecule has 0 aromatic heterocycles. The third-order valence-corrected chi connectivity index (χ3v) is 5.42. The van der Waals surface area contributed by atoms with E-state index in [1.807, 2.05) is 0 Å². The van der Waals surface area contributed by atoms with E-state index in [-0.39, 0.29) is 16.9 Å². The first-order valence-corrected chi connectivity index (χ1v) is 6.87. The van der Waals surface area contributed by atoms with Gasteiger partial charge in [-0.2, -0.15) is 4.31 Å². The largest absolute Gasteiger partial charge is 0.377 e. The van der Waals surface area contributed by atoms with Crippen molar-refractivity contribution in [2.45, 2.75) is 12.2 Å². The molecule has 0 aliphatic carbocycles. The van der Waals surface area contributed by atoms with Gasteiger partial charge in [0.25, 0.3) is 0 Å². The Hall–Kier alpha value is 0.310. The van der Waals surface area contributed by atoms with Gasteiger partial charge in [-0.15, -0.1) is 0 Å². The molecule has 0 saturated carbocycles. The van der Waals surface area contributed by atoms with Crippen LogP contribution in [-0.2, 0) is 19.5 Å². The predicted octanol–water partition coefficient (Wildman–Crippen LogP) is 0.0142. The summed E-state index contributed by atoms with van der Waals surface area (Å²) >= 11 is 2.95. The van der Waals surface area contributed by atoms with Crippen LogP contribution in [0.25, 0.3) is 0 Å². The predicted molar refractivity (Wildman–Crippen MR) is 55.9 cm³/mol. The first kappa shape index (κ1) is 12.4. The van der Waals surface area contributed by atoms with E-state index >= 15 is 0 Å². The van der Waals surface area contributed by atoms with E-state index in [4.69, 9.17) is 9.47 Å². The molecule has 5 nitrogen and oxygen atoms in total. The molecule has 1 saturated heterocycles. The van der Waals surface area contributed by atoms with Gasteiger partial charge in [0.1, 0.15) is 4.66 Å². The van der Waals surface area contributed by atoms with Crippen LogP contribution < -0.4 is 0 Å². The summed E-state index contributed by atoms with van der Waals surface area (Å²) in [6.07, 6.45) is -0.345. The van der Waals surface area contributed by atoms with E-state index in [9.17, 15) is 8.42 Å². The number of hydrogen-bond acceptors (Lipinski definition) is 4. The zero-order chi connectivity index (χ0) is 10.8. The number of hydrogen-bond donors (Lipinski definition) is 0. The number of nitrogens with zero attached hydrogens (tertiary/aromatic N) is 1. The Kier molecular flexibility index (Phi) is 4.32. The van der Waals surface area contributed by atoms with Crippen molar-refractivity contribution in [3.05, 3.63) is 0 Å². The number of alkyl halides is 1. The Morgan fingerprint density at radius 1 is 1.29 bits per heavy atom. The molecule has 84 valence electrons. The Bertz CT molecular complexity index is 269. The fraction of sp³-hybridized carbons (Fsp3) is 1.00. The molecule has 1 aliphatic heterocycles. The van der Waals surface area contributed by atoms with Crippen molar-refractivity contribution < 1.29 is 17.9 Å². The highest BCUT2D eigenvalue weighted by molar-refractivity contribution is 9.10. The molecular formula is C7H14BrNO4S. The normalized spacial score (nSPS) is 29.6. The lowest BCUT2D eigenvalue weighted by Crippen LogP contribution is -2.30. The molecular weight excluding hydrogens is 274 g/mol. The average molecular weight is 288 g/mol. The first-order valence-electron chi connectivity index (χ1n) is 4.14. The topological polar surface area (TPSA) is 55.8 Å². The van der Waals surface area contributed by atoms with Crippen LogP contribution in [-0.4, -0.2) is 56.9 Å². The van der Waals surface area contributed by atoms with Crippen LogP contribution in [0.3, 0.4) is 0 Å². The lowest BCUT2D eigenvalue weighted by molar-refractivity contribution is -0.00461. The summed E-state index contributed by atoms with van der Waals surface area (Å²) < 4.78 is 34.6. The SMILES string of the molecule is COC1CN(S(=O)(=O)CBr)CC1OC. The van der Waals surface area contributed by atoms with Crippen LogP contribution in [0.2, 0.25) is 0 Å². The van der Waals surface area contributed by atoms with E-state index in [0.29, 0.717) is 13.1 Å². The molecule has 0 aromatic carbocycles. The van der Waals surface area contributed by atoms with Gasteiger partial charge < -0.3 is 9.47 Å². The van der Waals surface area contributed by atoms with Crippen LogP contribution >= 0.6 is 15.9 Å². The molecule has 1 aliphatic rings. The minimum Gasteiger partial charge on any atom is -0.377 e. The van der Waals surface area contributed by atoms with Crippen molar-refractivity contribution >= 4 is 26.0 Å². The van der Waals surface area contributed by atoms with Gasteiger partial charge >= 0.3 is 0 Å². The maximum Gasteiger partial charge on any atom is 0.224 e. The van der Waals surface area contributed by atoms with Crippen molar-refractivity contribution in [1.29, 1.82) is 0 Å². The number of halogens is 1. The molecule has 0 bridgehead atoms. The fourth-order valence-electron chi connectivity index (χ4n) is 1.46. The third kappa shape index (κ3) is 2.46. The Morgan fingerprint density at radius 3 is 2.00 bits per heavy atom. The molecule has 1 rings (SSSR count). The van der Waals surface area contributed by atoms with Gasteiger partial charge in [0, 0.05) is 27.3 Å². The molecule has 0 N–H and O–H groups in total. The van der Waals surface area contributed by atoms with Crippen molar-refractivity contribution in [3.8, 4) is 0 Å².